The van der Waals surface area contributed by atoms with Gasteiger partial charge in [-0.15, -0.1) is 0 Å². The van der Waals surface area contributed by atoms with Crippen LogP contribution in [0.4, 0.5) is 5.69 Å². The molecule has 0 aliphatic carbocycles. The molecule has 0 fully saturated rings. The standard InChI is InChI=1S/C25H28ClN3O6S2/c1-4-35-24-13-12-21(14-22(24)26)37(33,34)29(16-19-8-6-5-7-9-19)17-25(30)28-23-15-20(11-10-18(23)2)36(31,32)27-3/h5-15,27H,4,16-17H2,1-3H3,(H,28,30). The summed E-state index contributed by atoms with van der Waals surface area (Å²) >= 11 is 6.23. The molecule has 3 rings (SSSR count). The topological polar surface area (TPSA) is 122 Å². The monoisotopic (exact) mass is 565 g/mol. The molecule has 0 saturated carbocycles. The average molecular weight is 566 g/mol. The summed E-state index contributed by atoms with van der Waals surface area (Å²) in [5.74, 6) is -0.291. The molecule has 0 radical (unpaired) electrons. The van der Waals surface area contributed by atoms with Gasteiger partial charge in [0.15, 0.2) is 0 Å². The third-order valence-corrected chi connectivity index (χ3v) is 8.92. The molecule has 3 aromatic rings. The predicted octanol–water partition coefficient (Wildman–Crippen LogP) is 3.78. The molecule has 37 heavy (non-hydrogen) atoms. The highest BCUT2D eigenvalue weighted by Gasteiger charge is 2.28. The molecule has 12 heteroatoms. The van der Waals surface area contributed by atoms with Crippen molar-refractivity contribution in [3.63, 3.8) is 0 Å². The number of amides is 1. The molecule has 0 aliphatic rings. The molecule has 2 N–H and O–H groups in total. The number of hydrogen-bond donors (Lipinski definition) is 2. The lowest BCUT2D eigenvalue weighted by molar-refractivity contribution is -0.116. The summed E-state index contributed by atoms with van der Waals surface area (Å²) in [6.45, 7) is 3.25. The van der Waals surface area contributed by atoms with E-state index in [0.717, 1.165) is 4.31 Å². The van der Waals surface area contributed by atoms with Crippen molar-refractivity contribution in [3.8, 4) is 5.75 Å². The SMILES string of the molecule is CCOc1ccc(S(=O)(=O)N(CC(=O)Nc2cc(S(=O)(=O)NC)ccc2C)Cc2ccccc2)cc1Cl. The van der Waals surface area contributed by atoms with Gasteiger partial charge in [0.2, 0.25) is 26.0 Å². The minimum absolute atomic E-state index is 0.0336. The lowest BCUT2D eigenvalue weighted by Gasteiger charge is -2.23. The Kier molecular flexibility index (Phi) is 9.32. The number of rotatable bonds is 11. The molecule has 0 aromatic heterocycles. The van der Waals surface area contributed by atoms with Crippen LogP contribution in [0.15, 0.2) is 76.5 Å². The fourth-order valence-corrected chi connectivity index (χ4v) is 5.91. The van der Waals surface area contributed by atoms with E-state index in [1.165, 1.54) is 37.4 Å². The molecule has 9 nitrogen and oxygen atoms in total. The van der Waals surface area contributed by atoms with Gasteiger partial charge in [-0.25, -0.2) is 21.6 Å². The van der Waals surface area contributed by atoms with Gasteiger partial charge in [0, 0.05) is 12.2 Å². The lowest BCUT2D eigenvalue weighted by Crippen LogP contribution is -2.37. The first kappa shape index (κ1) is 28.6. The van der Waals surface area contributed by atoms with Crippen LogP contribution in [0, 0.1) is 6.92 Å². The van der Waals surface area contributed by atoms with Crippen LogP contribution in [0.1, 0.15) is 18.1 Å². The number of nitrogens with one attached hydrogen (secondary N) is 2. The van der Waals surface area contributed by atoms with Crippen molar-refractivity contribution in [1.82, 2.24) is 9.03 Å². The lowest BCUT2D eigenvalue weighted by atomic mass is 10.2. The number of aryl methyl sites for hydroxylation is 1. The van der Waals surface area contributed by atoms with Gasteiger partial charge >= 0.3 is 0 Å². The molecule has 198 valence electrons. The second-order valence-electron chi connectivity index (χ2n) is 8.02. The van der Waals surface area contributed by atoms with Crippen molar-refractivity contribution < 1.29 is 26.4 Å². The Labute approximate surface area is 222 Å². The Balaban J connectivity index is 1.93. The summed E-state index contributed by atoms with van der Waals surface area (Å²) < 4.78 is 60.2. The molecular weight excluding hydrogens is 538 g/mol. The molecule has 1 amide bonds. The van der Waals surface area contributed by atoms with E-state index in [2.05, 4.69) is 10.0 Å². The normalized spacial score (nSPS) is 11.9. The second-order valence-corrected chi connectivity index (χ2v) is 12.2. The van der Waals surface area contributed by atoms with Crippen molar-refractivity contribution >= 4 is 43.2 Å². The van der Waals surface area contributed by atoms with Gasteiger partial charge in [-0.2, -0.15) is 4.31 Å². The Morgan fingerprint density at radius 2 is 1.65 bits per heavy atom. The Hall–Kier alpha value is -2.96. The Morgan fingerprint density at radius 3 is 2.27 bits per heavy atom. The van der Waals surface area contributed by atoms with Crippen molar-refractivity contribution in [2.24, 2.45) is 0 Å². The molecule has 0 bridgehead atoms. The van der Waals surface area contributed by atoms with E-state index in [4.69, 9.17) is 16.3 Å². The van der Waals surface area contributed by atoms with E-state index in [9.17, 15) is 21.6 Å². The number of anilines is 1. The zero-order valence-electron chi connectivity index (χ0n) is 20.6. The molecular formula is C25H28ClN3O6S2. The van der Waals surface area contributed by atoms with Crippen LogP contribution in [0.2, 0.25) is 5.02 Å². The van der Waals surface area contributed by atoms with Gasteiger partial charge in [-0.3, -0.25) is 4.79 Å². The highest BCUT2D eigenvalue weighted by Crippen LogP contribution is 2.29. The smallest absolute Gasteiger partial charge is 0.243 e. The zero-order valence-corrected chi connectivity index (χ0v) is 23.0. The first-order valence-electron chi connectivity index (χ1n) is 11.3. The highest BCUT2D eigenvalue weighted by molar-refractivity contribution is 7.89. The van der Waals surface area contributed by atoms with Gasteiger partial charge in [0.05, 0.1) is 28.0 Å². The maximum Gasteiger partial charge on any atom is 0.243 e. The summed E-state index contributed by atoms with van der Waals surface area (Å²) in [6, 6.07) is 17.3. The largest absolute Gasteiger partial charge is 0.492 e. The quantitative estimate of drug-likeness (QED) is 0.365. The van der Waals surface area contributed by atoms with Crippen LogP contribution in [0.5, 0.6) is 5.75 Å². The number of ether oxygens (including phenoxy) is 1. The summed E-state index contributed by atoms with van der Waals surface area (Å²) in [5.41, 5.74) is 1.54. The van der Waals surface area contributed by atoms with Crippen LogP contribution in [0.25, 0.3) is 0 Å². The van der Waals surface area contributed by atoms with Gasteiger partial charge in [0.25, 0.3) is 0 Å². The van der Waals surface area contributed by atoms with E-state index >= 15 is 0 Å². The second kappa shape index (κ2) is 12.1. The van der Waals surface area contributed by atoms with Crippen molar-refractivity contribution in [3.05, 3.63) is 82.9 Å². The molecule has 0 aliphatic heterocycles. The fraction of sp³-hybridized carbons (Fsp3) is 0.240. The number of sulfonamides is 2. The number of carbonyl (C=O) groups excluding carboxylic acids is 1. The van der Waals surface area contributed by atoms with Gasteiger partial charge in [0.1, 0.15) is 5.75 Å². The zero-order chi connectivity index (χ0) is 27.2. The van der Waals surface area contributed by atoms with Crippen LogP contribution >= 0.6 is 11.6 Å². The number of halogens is 1. The third-order valence-electron chi connectivity index (χ3n) is 5.42. The van der Waals surface area contributed by atoms with Gasteiger partial charge in [-0.05, 0) is 62.4 Å². The summed E-state index contributed by atoms with van der Waals surface area (Å²) in [7, 11) is -6.61. The Morgan fingerprint density at radius 1 is 0.973 bits per heavy atom. The van der Waals surface area contributed by atoms with Gasteiger partial charge < -0.3 is 10.1 Å². The third kappa shape index (κ3) is 7.08. The summed E-state index contributed by atoms with van der Waals surface area (Å²) in [4.78, 5) is 12.9. The maximum atomic E-state index is 13.6. The number of benzene rings is 3. The first-order valence-corrected chi connectivity index (χ1v) is 14.6. The minimum Gasteiger partial charge on any atom is -0.492 e. The average Bonchev–Trinajstić information content (AvgIpc) is 2.86. The molecule has 0 atom stereocenters. The highest BCUT2D eigenvalue weighted by atomic mass is 35.5. The van der Waals surface area contributed by atoms with E-state index in [1.807, 2.05) is 0 Å². The van der Waals surface area contributed by atoms with Gasteiger partial charge in [-0.1, -0.05) is 48.0 Å². The molecule has 0 heterocycles. The minimum atomic E-state index is -4.16. The van der Waals surface area contributed by atoms with Crippen molar-refractivity contribution in [2.75, 3.05) is 25.5 Å². The van der Waals surface area contributed by atoms with Crippen LogP contribution in [-0.2, 0) is 31.4 Å². The van der Waals surface area contributed by atoms with E-state index in [0.29, 0.717) is 23.5 Å². The molecule has 0 spiro atoms. The molecule has 0 unspecified atom stereocenters. The summed E-state index contributed by atoms with van der Waals surface area (Å²) in [5, 5.41) is 2.77. The van der Waals surface area contributed by atoms with Crippen molar-refractivity contribution in [1.29, 1.82) is 0 Å². The molecule has 0 saturated heterocycles. The number of carbonyl (C=O) groups is 1. The first-order chi connectivity index (χ1) is 17.5. The Bertz CT molecular complexity index is 1480. The summed E-state index contributed by atoms with van der Waals surface area (Å²) in [6.07, 6.45) is 0. The van der Waals surface area contributed by atoms with E-state index in [1.54, 1.807) is 50.2 Å². The molecule has 3 aromatic carbocycles. The fourth-order valence-electron chi connectivity index (χ4n) is 3.45. The van der Waals surface area contributed by atoms with E-state index in [-0.39, 0.29) is 27.0 Å². The van der Waals surface area contributed by atoms with Crippen LogP contribution in [-0.4, -0.2) is 47.2 Å². The van der Waals surface area contributed by atoms with Crippen LogP contribution < -0.4 is 14.8 Å². The maximum absolute atomic E-state index is 13.6. The number of hydrogen-bond acceptors (Lipinski definition) is 6. The predicted molar refractivity (Wildman–Crippen MR) is 143 cm³/mol. The van der Waals surface area contributed by atoms with E-state index < -0.39 is 32.5 Å². The number of nitrogens with zero attached hydrogens (tertiary/aromatic N) is 1. The van der Waals surface area contributed by atoms with Crippen molar-refractivity contribution in [2.45, 2.75) is 30.2 Å². The van der Waals surface area contributed by atoms with Crippen LogP contribution in [0.3, 0.4) is 0 Å².